The molecule has 132 valence electrons. The first-order valence-electron chi connectivity index (χ1n) is 6.82. The van der Waals surface area contributed by atoms with Crippen molar-refractivity contribution < 1.29 is 19.2 Å². The molecule has 0 aromatic rings. The fourth-order valence-electron chi connectivity index (χ4n) is 3.13. The summed E-state index contributed by atoms with van der Waals surface area (Å²) in [7, 11) is 0. The number of carbonyl (C=O) groups excluding carboxylic acids is 4. The second-order valence-corrected chi connectivity index (χ2v) is 10.1. The molecule has 3 amide bonds. The lowest BCUT2D eigenvalue weighted by Crippen LogP contribution is -2.59. The number of halogens is 3. The molecule has 0 spiro atoms. The lowest BCUT2D eigenvalue weighted by Gasteiger charge is -2.43. The van der Waals surface area contributed by atoms with Crippen LogP contribution in [0.15, 0.2) is 12.2 Å². The number of hydrogen-bond acceptors (Lipinski definition) is 6. The topological polar surface area (TPSA) is 132 Å². The first-order chi connectivity index (χ1) is 11.0. The number of imide groups is 1. The Hall–Kier alpha value is -0.800. The van der Waals surface area contributed by atoms with E-state index in [1.807, 2.05) is 0 Å². The van der Waals surface area contributed by atoms with Gasteiger partial charge in [0.1, 0.15) is 10.2 Å². The third-order valence-corrected chi connectivity index (χ3v) is 6.11. The van der Waals surface area contributed by atoms with Gasteiger partial charge in [-0.3, -0.25) is 24.5 Å². The Morgan fingerprint density at radius 1 is 1.25 bits per heavy atom. The number of rotatable bonds is 5. The highest BCUT2D eigenvalue weighted by Gasteiger charge is 2.72. The summed E-state index contributed by atoms with van der Waals surface area (Å²) in [6.45, 7) is 0. The van der Waals surface area contributed by atoms with Crippen molar-refractivity contribution in [1.29, 1.82) is 0 Å². The number of Topliss-reactive ketones (excluding diaryl/α,β-unsaturated/α-hetero) is 1. The summed E-state index contributed by atoms with van der Waals surface area (Å²) < 4.78 is -3.61. The Labute approximate surface area is 156 Å². The van der Waals surface area contributed by atoms with Crippen molar-refractivity contribution in [3.63, 3.8) is 0 Å². The molecule has 2 unspecified atom stereocenters. The number of ketones is 1. The van der Waals surface area contributed by atoms with Crippen LogP contribution in [0.25, 0.3) is 0 Å². The zero-order valence-electron chi connectivity index (χ0n) is 12.2. The van der Waals surface area contributed by atoms with Gasteiger partial charge in [0.05, 0.1) is 6.04 Å². The van der Waals surface area contributed by atoms with E-state index in [0.717, 1.165) is 0 Å². The van der Waals surface area contributed by atoms with Crippen molar-refractivity contribution in [3.8, 4) is 0 Å². The summed E-state index contributed by atoms with van der Waals surface area (Å²) in [4.78, 5) is 49.1. The van der Waals surface area contributed by atoms with Gasteiger partial charge in [-0.15, -0.1) is 0 Å². The molecule has 1 fully saturated rings. The largest absolute Gasteiger partial charge is 0.370 e. The van der Waals surface area contributed by atoms with E-state index >= 15 is 0 Å². The number of carbonyl (C=O) groups is 4. The molecular weight excluding hydrogens is 401 g/mol. The minimum atomic E-state index is -1.95. The molecule has 11 heteroatoms. The van der Waals surface area contributed by atoms with E-state index in [0.29, 0.717) is 11.8 Å². The summed E-state index contributed by atoms with van der Waals surface area (Å²) in [6, 6.07) is -1.35. The van der Waals surface area contributed by atoms with E-state index in [1.54, 1.807) is 12.2 Å². The SMILES string of the molecule is NC(=O)C[C@H](N)C(=O)C12CC=CCC1(SC(Cl)(Cl)Cl)C(=O)NC2=O. The van der Waals surface area contributed by atoms with Gasteiger partial charge in [-0.1, -0.05) is 58.7 Å². The van der Waals surface area contributed by atoms with Crippen LogP contribution >= 0.6 is 46.6 Å². The van der Waals surface area contributed by atoms with E-state index in [1.165, 1.54) is 0 Å². The highest BCUT2D eigenvalue weighted by Crippen LogP contribution is 2.60. The van der Waals surface area contributed by atoms with Gasteiger partial charge < -0.3 is 11.5 Å². The first-order valence-corrected chi connectivity index (χ1v) is 8.77. The zero-order chi connectivity index (χ0) is 18.3. The fourth-order valence-corrected chi connectivity index (χ4v) is 5.49. The van der Waals surface area contributed by atoms with Gasteiger partial charge in [-0.25, -0.2) is 0 Å². The van der Waals surface area contributed by atoms with Gasteiger partial charge in [-0.05, 0) is 12.8 Å². The van der Waals surface area contributed by atoms with E-state index < -0.39 is 49.3 Å². The number of thioether (sulfide) groups is 1. The van der Waals surface area contributed by atoms with Gasteiger partial charge in [0.15, 0.2) is 5.78 Å². The minimum absolute atomic E-state index is 0.00180. The molecule has 1 saturated heterocycles. The van der Waals surface area contributed by atoms with Gasteiger partial charge in [0.2, 0.25) is 20.8 Å². The minimum Gasteiger partial charge on any atom is -0.370 e. The van der Waals surface area contributed by atoms with Crippen LogP contribution in [-0.4, -0.2) is 37.4 Å². The third-order valence-electron chi connectivity index (χ3n) is 4.14. The standard InChI is InChI=1S/C13H14Cl3N3O4S/c14-13(15,16)24-12-4-2-1-3-11(12,9(22)19-10(12)23)8(21)6(17)5-7(18)20/h1-2,6H,3-5,17H2,(H2,18,20)(H,19,22,23)/t6-,11?,12?/m0/s1. The maximum Gasteiger partial charge on any atom is 0.244 e. The van der Waals surface area contributed by atoms with Gasteiger partial charge in [0.25, 0.3) is 0 Å². The molecule has 5 N–H and O–H groups in total. The molecule has 1 aliphatic heterocycles. The third kappa shape index (κ3) is 3.06. The van der Waals surface area contributed by atoms with Crippen LogP contribution in [0.2, 0.25) is 0 Å². The van der Waals surface area contributed by atoms with Gasteiger partial charge >= 0.3 is 0 Å². The Kier molecular flexibility index (Phi) is 5.28. The smallest absolute Gasteiger partial charge is 0.244 e. The molecule has 2 aliphatic rings. The Bertz CT molecular complexity index is 651. The molecule has 1 aliphatic carbocycles. The van der Waals surface area contributed by atoms with Gasteiger partial charge in [-0.2, -0.15) is 0 Å². The molecule has 0 aromatic carbocycles. The number of primary amides is 1. The van der Waals surface area contributed by atoms with Crippen LogP contribution in [-0.2, 0) is 19.2 Å². The molecule has 0 bridgehead atoms. The number of nitrogens with one attached hydrogen (secondary N) is 1. The highest BCUT2D eigenvalue weighted by molar-refractivity contribution is 8.06. The van der Waals surface area contributed by atoms with Crippen LogP contribution in [0.1, 0.15) is 19.3 Å². The summed E-state index contributed by atoms with van der Waals surface area (Å²) in [5, 5.41) is 2.14. The molecule has 0 aromatic heterocycles. The zero-order valence-corrected chi connectivity index (χ0v) is 15.3. The molecule has 1 heterocycles. The van der Waals surface area contributed by atoms with Crippen molar-refractivity contribution in [1.82, 2.24) is 5.32 Å². The lowest BCUT2D eigenvalue weighted by molar-refractivity contribution is -0.143. The second-order valence-electron chi connectivity index (χ2n) is 5.58. The lowest BCUT2D eigenvalue weighted by atomic mass is 9.65. The van der Waals surface area contributed by atoms with Crippen LogP contribution in [0.3, 0.4) is 0 Å². The predicted octanol–water partition coefficient (Wildman–Crippen LogP) is 0.551. The number of hydrogen-bond donors (Lipinski definition) is 3. The van der Waals surface area contributed by atoms with Crippen molar-refractivity contribution in [2.75, 3.05) is 0 Å². The van der Waals surface area contributed by atoms with Crippen LogP contribution in [0, 0.1) is 5.41 Å². The molecule has 24 heavy (non-hydrogen) atoms. The van der Waals surface area contributed by atoms with Gasteiger partial charge in [0, 0.05) is 6.42 Å². The number of nitrogens with two attached hydrogens (primary N) is 2. The second kappa shape index (κ2) is 6.49. The fraction of sp³-hybridized carbons (Fsp3) is 0.538. The molecule has 0 saturated carbocycles. The summed E-state index contributed by atoms with van der Waals surface area (Å²) in [5.74, 6) is -3.13. The number of fused-ring (bicyclic) bond motifs is 1. The van der Waals surface area contributed by atoms with E-state index in [2.05, 4.69) is 5.32 Å². The summed E-state index contributed by atoms with van der Waals surface area (Å²) in [5.41, 5.74) is 8.97. The van der Waals surface area contributed by atoms with Crippen molar-refractivity contribution in [2.24, 2.45) is 16.9 Å². The van der Waals surface area contributed by atoms with Crippen LogP contribution in [0.4, 0.5) is 0 Å². The summed E-state index contributed by atoms with van der Waals surface area (Å²) >= 11 is 18.1. The quantitative estimate of drug-likeness (QED) is 0.260. The van der Waals surface area contributed by atoms with E-state index in [-0.39, 0.29) is 12.8 Å². The monoisotopic (exact) mass is 413 g/mol. The molecular formula is C13H14Cl3N3O4S. The van der Waals surface area contributed by atoms with E-state index in [9.17, 15) is 19.2 Å². The van der Waals surface area contributed by atoms with Crippen molar-refractivity contribution in [2.45, 2.75) is 33.2 Å². The van der Waals surface area contributed by atoms with Crippen LogP contribution < -0.4 is 16.8 Å². The van der Waals surface area contributed by atoms with Crippen molar-refractivity contribution >= 4 is 70.1 Å². The normalized spacial score (nSPS) is 30.7. The Morgan fingerprint density at radius 2 is 1.83 bits per heavy atom. The number of alkyl halides is 3. The van der Waals surface area contributed by atoms with E-state index in [4.69, 9.17) is 46.3 Å². The maximum absolute atomic E-state index is 13.0. The van der Waals surface area contributed by atoms with Crippen LogP contribution in [0.5, 0.6) is 0 Å². The average Bonchev–Trinajstić information content (AvgIpc) is 2.64. The molecule has 0 radical (unpaired) electrons. The van der Waals surface area contributed by atoms with Crippen molar-refractivity contribution in [3.05, 3.63) is 12.2 Å². The first kappa shape index (κ1) is 19.5. The highest BCUT2D eigenvalue weighted by atomic mass is 35.6. The molecule has 7 nitrogen and oxygen atoms in total. The number of allylic oxidation sites excluding steroid dienone is 2. The average molecular weight is 415 g/mol. The maximum atomic E-state index is 13.0. The molecule has 2 rings (SSSR count). The summed E-state index contributed by atoms with van der Waals surface area (Å²) in [6.07, 6.45) is 2.67. The Balaban J connectivity index is 2.58. The number of amides is 3. The Morgan fingerprint density at radius 3 is 2.38 bits per heavy atom. The molecule has 3 atom stereocenters. The predicted molar refractivity (Wildman–Crippen MR) is 91.4 cm³/mol.